The van der Waals surface area contributed by atoms with E-state index in [2.05, 4.69) is 9.78 Å². The summed E-state index contributed by atoms with van der Waals surface area (Å²) in [6.45, 7) is 0.0741. The monoisotopic (exact) mass is 466 g/mol. The van der Waals surface area contributed by atoms with E-state index in [0.29, 0.717) is 11.1 Å². The Bertz CT molecular complexity index is 713. The average molecular weight is 466 g/mol. The molecule has 15 heteroatoms. The molecule has 0 aliphatic carbocycles. The van der Waals surface area contributed by atoms with Crippen molar-refractivity contribution in [1.82, 2.24) is 0 Å². The van der Waals surface area contributed by atoms with Gasteiger partial charge in [-0.05, 0) is 24.3 Å². The molecule has 1 N–H and O–H groups in total. The van der Waals surface area contributed by atoms with Crippen LogP contribution in [0.1, 0.15) is 33.6 Å². The zero-order chi connectivity index (χ0) is 21.3. The SMILES string of the molecule is O=C([O-])CC(O)(CC(=O)[O-])C(=O)[O-].O=C1OCCOOC(=O)c2ccc1cc2.[Na+].[Na+].[Na+]. The van der Waals surface area contributed by atoms with Crippen LogP contribution in [0, 0.1) is 0 Å². The molecule has 12 nitrogen and oxygen atoms in total. The van der Waals surface area contributed by atoms with Crippen molar-refractivity contribution in [3.8, 4) is 0 Å². The molecule has 0 radical (unpaired) electrons. The third kappa shape index (κ3) is 12.9. The number of carbonyl (C=O) groups is 5. The second-order valence-corrected chi connectivity index (χ2v) is 5.32. The predicted molar refractivity (Wildman–Crippen MR) is 77.3 cm³/mol. The summed E-state index contributed by atoms with van der Waals surface area (Å²) in [6.07, 6.45) is -2.72. The van der Waals surface area contributed by atoms with Gasteiger partial charge in [0, 0.05) is 24.8 Å². The molecule has 0 unspecified atom stereocenters. The smallest absolute Gasteiger partial charge is 0.550 e. The van der Waals surface area contributed by atoms with E-state index in [1.165, 1.54) is 24.3 Å². The number of benzene rings is 1. The van der Waals surface area contributed by atoms with Gasteiger partial charge in [-0.25, -0.2) is 9.59 Å². The van der Waals surface area contributed by atoms with Crippen LogP contribution in [0.2, 0.25) is 0 Å². The van der Waals surface area contributed by atoms with E-state index in [0.717, 1.165) is 0 Å². The van der Waals surface area contributed by atoms with E-state index in [-0.39, 0.29) is 102 Å². The minimum Gasteiger partial charge on any atom is -0.550 e. The van der Waals surface area contributed by atoms with Gasteiger partial charge in [0.2, 0.25) is 0 Å². The average Bonchev–Trinajstić information content (AvgIpc) is 2.64. The first kappa shape index (κ1) is 35.1. The molecule has 2 heterocycles. The first-order valence-corrected chi connectivity index (χ1v) is 7.49. The van der Waals surface area contributed by atoms with E-state index in [4.69, 9.17) is 9.84 Å². The zero-order valence-corrected chi connectivity index (χ0v) is 23.1. The minimum absolute atomic E-state index is 0. The van der Waals surface area contributed by atoms with Crippen molar-refractivity contribution < 1.29 is 148 Å². The first-order valence-electron chi connectivity index (χ1n) is 7.49. The number of hydrogen-bond donors (Lipinski definition) is 1. The second-order valence-electron chi connectivity index (χ2n) is 5.32. The van der Waals surface area contributed by atoms with Crippen molar-refractivity contribution >= 4 is 29.8 Å². The maximum atomic E-state index is 11.3. The van der Waals surface area contributed by atoms with E-state index in [1.54, 1.807) is 0 Å². The summed E-state index contributed by atoms with van der Waals surface area (Å²) in [5, 5.41) is 38.9. The molecular weight excluding hydrogens is 453 g/mol. The molecule has 3 rings (SSSR count). The van der Waals surface area contributed by atoms with Crippen LogP contribution in [0.15, 0.2) is 24.3 Å². The number of fused-ring (bicyclic) bond motifs is 8. The van der Waals surface area contributed by atoms with Crippen LogP contribution in [-0.2, 0) is 28.9 Å². The van der Waals surface area contributed by atoms with Crippen LogP contribution in [-0.4, -0.2) is 53.8 Å². The second kappa shape index (κ2) is 17.0. The standard InChI is InChI=1S/C10H8O5.C6H8O7.3Na/c11-9-7-1-3-8(4-2-7)10(12)15-14-6-5-13-9;7-3(8)1-6(13,5(11)12)2-4(9)10;;;/h1-4H,5-6H2;13H,1-2H2,(H,7,8)(H,9,10)(H,11,12);;;/q;;3*+1/p-3. The summed E-state index contributed by atoms with van der Waals surface area (Å²) in [7, 11) is 0. The first-order chi connectivity index (χ1) is 13.0. The molecule has 1 aromatic carbocycles. The summed E-state index contributed by atoms with van der Waals surface area (Å²) in [5.41, 5.74) is -2.25. The normalized spacial score (nSPS) is 12.5. The molecule has 0 atom stereocenters. The van der Waals surface area contributed by atoms with Gasteiger partial charge in [-0.2, -0.15) is 4.89 Å². The van der Waals surface area contributed by atoms with Crippen molar-refractivity contribution in [2.45, 2.75) is 18.4 Å². The molecule has 0 saturated heterocycles. The van der Waals surface area contributed by atoms with Crippen molar-refractivity contribution in [1.29, 1.82) is 0 Å². The molecule has 0 saturated carbocycles. The van der Waals surface area contributed by atoms with Gasteiger partial charge in [0.25, 0.3) is 0 Å². The molecule has 2 aliphatic heterocycles. The van der Waals surface area contributed by atoms with Gasteiger partial charge in [-0.1, -0.05) is 0 Å². The largest absolute Gasteiger partial charge is 1.00 e. The summed E-state index contributed by atoms with van der Waals surface area (Å²) in [5.74, 6) is -7.02. The molecule has 0 spiro atoms. The van der Waals surface area contributed by atoms with E-state index in [9.17, 15) is 39.3 Å². The van der Waals surface area contributed by atoms with Gasteiger partial charge in [0.05, 0.1) is 17.1 Å². The Morgan fingerprint density at radius 1 is 0.839 bits per heavy atom. The van der Waals surface area contributed by atoms with Crippen LogP contribution >= 0.6 is 0 Å². The van der Waals surface area contributed by atoms with Crippen LogP contribution in [0.4, 0.5) is 0 Å². The van der Waals surface area contributed by atoms with Crippen LogP contribution in [0.3, 0.4) is 0 Å². The van der Waals surface area contributed by atoms with Crippen molar-refractivity contribution in [2.24, 2.45) is 0 Å². The van der Waals surface area contributed by atoms with Gasteiger partial charge in [0.15, 0.2) is 0 Å². The number of carboxylic acids is 3. The van der Waals surface area contributed by atoms with Crippen molar-refractivity contribution in [2.75, 3.05) is 13.2 Å². The Morgan fingerprint density at radius 2 is 1.26 bits per heavy atom. The zero-order valence-electron chi connectivity index (χ0n) is 17.1. The molecule has 0 fully saturated rings. The summed E-state index contributed by atoms with van der Waals surface area (Å²) >= 11 is 0. The number of ether oxygens (including phenoxy) is 1. The molecule has 1 aromatic rings. The predicted octanol–water partition coefficient (Wildman–Crippen LogP) is -13.3. The minimum atomic E-state index is -2.97. The summed E-state index contributed by atoms with van der Waals surface area (Å²) < 4.78 is 4.83. The Hall–Kier alpha value is -0.510. The summed E-state index contributed by atoms with van der Waals surface area (Å²) in [4.78, 5) is 61.6. The van der Waals surface area contributed by atoms with Crippen LogP contribution < -0.4 is 104 Å². The van der Waals surface area contributed by atoms with E-state index >= 15 is 0 Å². The Labute approximate surface area is 242 Å². The number of aliphatic hydroxyl groups is 1. The third-order valence-corrected chi connectivity index (χ3v) is 3.14. The molecule has 152 valence electrons. The van der Waals surface area contributed by atoms with Crippen LogP contribution in [0.25, 0.3) is 0 Å². The number of hydrogen-bond acceptors (Lipinski definition) is 12. The molecule has 0 amide bonds. The molecule has 0 aromatic heterocycles. The Balaban J connectivity index is -0.000000467. The topological polar surface area (TPSA) is 202 Å². The molecule has 2 bridgehead atoms. The number of esters is 1. The Kier molecular flexibility index (Phi) is 19.3. The number of carbonyl (C=O) groups excluding carboxylic acids is 5. The summed E-state index contributed by atoms with van der Waals surface area (Å²) in [6, 6.07) is 5.97. The van der Waals surface area contributed by atoms with Gasteiger partial charge in [0.1, 0.15) is 18.8 Å². The van der Waals surface area contributed by atoms with Gasteiger partial charge in [-0.15, -0.1) is 0 Å². The number of rotatable bonds is 5. The number of aliphatic carboxylic acids is 3. The van der Waals surface area contributed by atoms with E-state index in [1.807, 2.05) is 0 Å². The fraction of sp³-hybridized carbons (Fsp3) is 0.312. The maximum absolute atomic E-state index is 11.3. The third-order valence-electron chi connectivity index (χ3n) is 3.14. The van der Waals surface area contributed by atoms with Crippen molar-refractivity contribution in [3.63, 3.8) is 0 Å². The van der Waals surface area contributed by atoms with E-state index < -0.39 is 48.3 Å². The maximum Gasteiger partial charge on any atom is 1.00 e. The van der Waals surface area contributed by atoms with Gasteiger partial charge in [-0.3, -0.25) is 4.89 Å². The molecule has 31 heavy (non-hydrogen) atoms. The van der Waals surface area contributed by atoms with Gasteiger partial charge < -0.3 is 39.5 Å². The fourth-order valence-electron chi connectivity index (χ4n) is 1.82. The Morgan fingerprint density at radius 3 is 1.65 bits per heavy atom. The van der Waals surface area contributed by atoms with Crippen molar-refractivity contribution in [3.05, 3.63) is 35.4 Å². The van der Waals surface area contributed by atoms with Gasteiger partial charge >= 0.3 is 101 Å². The fourth-order valence-corrected chi connectivity index (χ4v) is 1.82. The van der Waals surface area contributed by atoms with Crippen LogP contribution in [0.5, 0.6) is 0 Å². The number of carboxylic acid groups (broad SMARTS) is 3. The molecular formula is C16H13Na3O12. The molecule has 2 aliphatic rings. The quantitative estimate of drug-likeness (QED) is 0.244.